The van der Waals surface area contributed by atoms with E-state index in [1.807, 2.05) is 38.1 Å². The van der Waals surface area contributed by atoms with Gasteiger partial charge in [0.25, 0.3) is 0 Å². The first kappa shape index (κ1) is 21.9. The molecule has 1 aliphatic heterocycles. The lowest BCUT2D eigenvalue weighted by atomic mass is 9.88. The van der Waals surface area contributed by atoms with Crippen molar-refractivity contribution in [2.75, 3.05) is 16.8 Å². The minimum atomic E-state index is -0.671. The van der Waals surface area contributed by atoms with Crippen LogP contribution in [0.25, 0.3) is 0 Å². The Morgan fingerprint density at radius 1 is 1.16 bits per heavy atom. The quantitative estimate of drug-likeness (QED) is 0.704. The fourth-order valence-corrected chi connectivity index (χ4v) is 4.27. The van der Waals surface area contributed by atoms with Crippen molar-refractivity contribution in [1.29, 1.82) is 0 Å². The minimum Gasteiger partial charge on any atom is -0.467 e. The highest BCUT2D eigenvalue weighted by molar-refractivity contribution is 6.06. The van der Waals surface area contributed by atoms with E-state index in [9.17, 15) is 14.4 Å². The third-order valence-corrected chi connectivity index (χ3v) is 5.79. The van der Waals surface area contributed by atoms with Gasteiger partial charge in [-0.05, 0) is 43.0 Å². The highest BCUT2D eigenvalue weighted by atomic mass is 16.3. The number of hydrogen-bond acceptors (Lipinski definition) is 5. The molecule has 7 nitrogen and oxygen atoms in total. The first-order valence-electron chi connectivity index (χ1n) is 11.2. The molecular weight excluding hydrogens is 406 g/mol. The molecule has 1 aromatic carbocycles. The molecule has 2 aromatic rings. The van der Waals surface area contributed by atoms with Gasteiger partial charge in [-0.3, -0.25) is 19.3 Å². The fourth-order valence-electron chi connectivity index (χ4n) is 4.27. The Bertz CT molecular complexity index is 1040. The molecule has 1 aliphatic carbocycles. The molecule has 32 heavy (non-hydrogen) atoms. The smallest absolute Gasteiger partial charge is 0.228 e. The van der Waals surface area contributed by atoms with Crippen molar-refractivity contribution in [3.63, 3.8) is 0 Å². The van der Waals surface area contributed by atoms with Crippen molar-refractivity contribution >= 4 is 29.0 Å². The summed E-state index contributed by atoms with van der Waals surface area (Å²) in [6.45, 7) is 4.61. The summed E-state index contributed by atoms with van der Waals surface area (Å²) in [6.07, 6.45) is 3.60. The molecule has 1 aromatic heterocycles. The van der Waals surface area contributed by atoms with E-state index in [2.05, 4.69) is 10.6 Å². The van der Waals surface area contributed by atoms with E-state index in [-0.39, 0.29) is 30.4 Å². The highest BCUT2D eigenvalue weighted by Gasteiger charge is 2.40. The average Bonchev–Trinajstić information content (AvgIpc) is 3.25. The van der Waals surface area contributed by atoms with E-state index in [0.29, 0.717) is 35.9 Å². The van der Waals surface area contributed by atoms with Gasteiger partial charge in [-0.15, -0.1) is 0 Å². The third-order valence-electron chi connectivity index (χ3n) is 5.79. The molecule has 168 valence electrons. The van der Waals surface area contributed by atoms with E-state index in [1.54, 1.807) is 23.3 Å². The van der Waals surface area contributed by atoms with Crippen molar-refractivity contribution in [1.82, 2.24) is 5.32 Å². The Labute approximate surface area is 187 Å². The SMILES string of the molecule is CC(C)CNC(=O)CCC(=O)N1c2ccccc2NC2=C(C(=O)CCC2)[C@@H]1c1ccco1. The number of furan rings is 1. The molecule has 0 saturated heterocycles. The number of amides is 2. The monoisotopic (exact) mass is 435 g/mol. The number of ketones is 1. The van der Waals surface area contributed by atoms with Crippen molar-refractivity contribution < 1.29 is 18.8 Å². The van der Waals surface area contributed by atoms with Crippen molar-refractivity contribution in [3.05, 3.63) is 59.7 Å². The minimum absolute atomic E-state index is 0.0143. The van der Waals surface area contributed by atoms with E-state index in [1.165, 1.54) is 0 Å². The third kappa shape index (κ3) is 4.47. The Balaban J connectivity index is 1.72. The summed E-state index contributed by atoms with van der Waals surface area (Å²) in [5, 5.41) is 6.27. The number of carbonyl (C=O) groups excluding carboxylic acids is 3. The molecule has 2 N–H and O–H groups in total. The molecule has 2 aliphatic rings. The number of Topliss-reactive ketones (excluding diaryl/α,β-unsaturated/α-hetero) is 1. The Hall–Kier alpha value is -3.35. The van der Waals surface area contributed by atoms with Crippen LogP contribution in [0.1, 0.15) is 57.8 Å². The number of hydrogen-bond donors (Lipinski definition) is 2. The summed E-state index contributed by atoms with van der Waals surface area (Å²) in [5.74, 6) is 0.498. The van der Waals surface area contributed by atoms with Crippen LogP contribution in [-0.2, 0) is 14.4 Å². The van der Waals surface area contributed by atoms with Gasteiger partial charge in [-0.25, -0.2) is 0 Å². The van der Waals surface area contributed by atoms with Gasteiger partial charge in [0, 0.05) is 37.1 Å². The maximum absolute atomic E-state index is 13.6. The number of anilines is 2. The number of nitrogens with one attached hydrogen (secondary N) is 2. The Morgan fingerprint density at radius 3 is 2.72 bits per heavy atom. The van der Waals surface area contributed by atoms with Crippen LogP contribution in [-0.4, -0.2) is 24.1 Å². The molecular formula is C25H29N3O4. The molecule has 0 spiro atoms. The van der Waals surface area contributed by atoms with Crippen LogP contribution < -0.4 is 15.5 Å². The van der Waals surface area contributed by atoms with Crippen LogP contribution in [0.3, 0.4) is 0 Å². The second kappa shape index (κ2) is 9.42. The number of nitrogens with zero attached hydrogens (tertiary/aromatic N) is 1. The molecule has 7 heteroatoms. The molecule has 0 bridgehead atoms. The fraction of sp³-hybridized carbons (Fsp3) is 0.400. The summed E-state index contributed by atoms with van der Waals surface area (Å²) in [4.78, 5) is 40.6. The van der Waals surface area contributed by atoms with Crippen LogP contribution in [0.5, 0.6) is 0 Å². The lowest BCUT2D eigenvalue weighted by Crippen LogP contribution is -2.38. The molecule has 4 rings (SSSR count). The van der Waals surface area contributed by atoms with Gasteiger partial charge in [0.05, 0.1) is 17.6 Å². The lowest BCUT2D eigenvalue weighted by Gasteiger charge is -2.32. The second-order valence-corrected chi connectivity index (χ2v) is 8.69. The largest absolute Gasteiger partial charge is 0.467 e. The van der Waals surface area contributed by atoms with Gasteiger partial charge in [0.15, 0.2) is 5.78 Å². The predicted molar refractivity (Wildman–Crippen MR) is 122 cm³/mol. The maximum atomic E-state index is 13.6. The maximum Gasteiger partial charge on any atom is 0.228 e. The summed E-state index contributed by atoms with van der Waals surface area (Å²) in [6, 6.07) is 10.4. The normalized spacial score (nSPS) is 18.0. The molecule has 0 radical (unpaired) electrons. The molecule has 2 amide bonds. The van der Waals surface area contributed by atoms with Gasteiger partial charge in [-0.1, -0.05) is 26.0 Å². The summed E-state index contributed by atoms with van der Waals surface area (Å²) in [7, 11) is 0. The van der Waals surface area contributed by atoms with Crippen LogP contribution in [0, 0.1) is 5.92 Å². The average molecular weight is 436 g/mol. The van der Waals surface area contributed by atoms with E-state index in [4.69, 9.17) is 4.42 Å². The zero-order valence-electron chi connectivity index (χ0n) is 18.5. The number of para-hydroxylation sites is 2. The zero-order chi connectivity index (χ0) is 22.7. The number of allylic oxidation sites excluding steroid dienone is 1. The topological polar surface area (TPSA) is 91.7 Å². The van der Waals surface area contributed by atoms with Gasteiger partial charge in [0.1, 0.15) is 11.8 Å². The van der Waals surface area contributed by atoms with Crippen molar-refractivity contribution in [2.24, 2.45) is 5.92 Å². The van der Waals surface area contributed by atoms with Crippen molar-refractivity contribution in [2.45, 2.75) is 52.0 Å². The summed E-state index contributed by atoms with van der Waals surface area (Å²) >= 11 is 0. The highest BCUT2D eigenvalue weighted by Crippen LogP contribution is 2.45. The summed E-state index contributed by atoms with van der Waals surface area (Å²) < 4.78 is 5.72. The Morgan fingerprint density at radius 2 is 1.97 bits per heavy atom. The molecule has 0 unspecified atom stereocenters. The zero-order valence-corrected chi connectivity index (χ0v) is 18.5. The van der Waals surface area contributed by atoms with Gasteiger partial charge in [0.2, 0.25) is 11.8 Å². The predicted octanol–water partition coefficient (Wildman–Crippen LogP) is 4.34. The van der Waals surface area contributed by atoms with Gasteiger partial charge < -0.3 is 15.1 Å². The van der Waals surface area contributed by atoms with Gasteiger partial charge in [-0.2, -0.15) is 0 Å². The van der Waals surface area contributed by atoms with Crippen LogP contribution >= 0.6 is 0 Å². The van der Waals surface area contributed by atoms with Crippen LogP contribution in [0.15, 0.2) is 58.3 Å². The van der Waals surface area contributed by atoms with E-state index < -0.39 is 6.04 Å². The Kier molecular flexibility index (Phi) is 6.44. The van der Waals surface area contributed by atoms with E-state index in [0.717, 1.165) is 24.2 Å². The van der Waals surface area contributed by atoms with Crippen LogP contribution in [0.2, 0.25) is 0 Å². The lowest BCUT2D eigenvalue weighted by molar-refractivity contribution is -0.125. The van der Waals surface area contributed by atoms with Crippen molar-refractivity contribution in [3.8, 4) is 0 Å². The standard InChI is InChI=1S/C25H29N3O4/c1-16(2)15-26-22(30)12-13-23(31)28-19-9-4-3-7-17(19)27-18-8-5-10-20(29)24(18)25(28)21-11-6-14-32-21/h3-4,6-7,9,11,14,16,25,27H,5,8,10,12-13,15H2,1-2H3,(H,26,30)/t25-/m0/s1. The molecule has 1 atom stereocenters. The van der Waals surface area contributed by atoms with Crippen LogP contribution in [0.4, 0.5) is 11.4 Å². The number of carbonyl (C=O) groups is 3. The number of benzene rings is 1. The number of rotatable bonds is 6. The van der Waals surface area contributed by atoms with Gasteiger partial charge >= 0.3 is 0 Å². The number of fused-ring (bicyclic) bond motifs is 1. The molecule has 0 fully saturated rings. The molecule has 2 heterocycles. The first-order valence-corrected chi connectivity index (χ1v) is 11.2. The molecule has 0 saturated carbocycles. The second-order valence-electron chi connectivity index (χ2n) is 8.69. The first-order chi connectivity index (χ1) is 15.5. The van der Waals surface area contributed by atoms with E-state index >= 15 is 0 Å². The summed E-state index contributed by atoms with van der Waals surface area (Å²) in [5.41, 5.74) is 2.84.